The van der Waals surface area contributed by atoms with Crippen LogP contribution in [0.5, 0.6) is 0 Å². The number of hydrogen-bond acceptors (Lipinski definition) is 4. The Morgan fingerprint density at radius 3 is 2.70 bits per heavy atom. The van der Waals surface area contributed by atoms with Crippen molar-refractivity contribution in [3.63, 3.8) is 0 Å². The summed E-state index contributed by atoms with van der Waals surface area (Å²) in [6.45, 7) is 7.25. The minimum absolute atomic E-state index is 0.0757. The predicted octanol–water partition coefficient (Wildman–Crippen LogP) is 3.51. The van der Waals surface area contributed by atoms with Crippen molar-refractivity contribution in [3.8, 4) is 0 Å². The van der Waals surface area contributed by atoms with E-state index in [4.69, 9.17) is 11.6 Å². The summed E-state index contributed by atoms with van der Waals surface area (Å²) in [5, 5.41) is 9.16. The molecule has 0 amide bonds. The molecule has 0 spiro atoms. The van der Waals surface area contributed by atoms with Gasteiger partial charge in [-0.25, -0.2) is 9.67 Å². The first-order chi connectivity index (χ1) is 9.35. The average Bonchev–Trinajstić information content (AvgIpc) is 2.73. The molecule has 4 nitrogen and oxygen atoms in total. The van der Waals surface area contributed by atoms with Gasteiger partial charge in [0.05, 0.1) is 0 Å². The summed E-state index contributed by atoms with van der Waals surface area (Å²) in [6.07, 6.45) is 1.56. The second kappa shape index (κ2) is 6.16. The number of halogens is 1. The number of aromatic nitrogens is 3. The maximum absolute atomic E-state index is 6.11. The monoisotopic (exact) mass is 310 g/mol. The molecule has 0 aliphatic heterocycles. The maximum atomic E-state index is 6.11. The van der Waals surface area contributed by atoms with E-state index in [1.807, 2.05) is 19.2 Å². The molecule has 1 heterocycles. The summed E-state index contributed by atoms with van der Waals surface area (Å²) >= 11 is 7.69. The van der Waals surface area contributed by atoms with E-state index in [2.05, 4.69) is 42.2 Å². The third-order valence-corrected chi connectivity index (χ3v) is 4.10. The van der Waals surface area contributed by atoms with Crippen molar-refractivity contribution >= 4 is 23.4 Å². The highest BCUT2D eigenvalue weighted by molar-refractivity contribution is 7.99. The number of aryl methyl sites for hydroxylation is 1. The van der Waals surface area contributed by atoms with Crippen molar-refractivity contribution in [3.05, 3.63) is 35.1 Å². The third kappa shape index (κ3) is 4.23. The van der Waals surface area contributed by atoms with Gasteiger partial charge in [0.2, 0.25) is 0 Å². The van der Waals surface area contributed by atoms with Crippen LogP contribution in [0.3, 0.4) is 0 Å². The van der Waals surface area contributed by atoms with Gasteiger partial charge in [-0.05, 0) is 50.2 Å². The number of hydrogen-bond donors (Lipinski definition) is 1. The van der Waals surface area contributed by atoms with Crippen LogP contribution in [0.4, 0.5) is 0 Å². The first-order valence-corrected chi connectivity index (χ1v) is 7.60. The van der Waals surface area contributed by atoms with Gasteiger partial charge < -0.3 is 5.32 Å². The van der Waals surface area contributed by atoms with Crippen molar-refractivity contribution in [1.82, 2.24) is 20.1 Å². The zero-order chi connectivity index (χ0) is 14.8. The molecule has 0 radical (unpaired) electrons. The van der Waals surface area contributed by atoms with Crippen LogP contribution >= 0.6 is 23.4 Å². The molecule has 108 valence electrons. The topological polar surface area (TPSA) is 42.7 Å². The van der Waals surface area contributed by atoms with Crippen LogP contribution in [0.25, 0.3) is 0 Å². The molecule has 0 saturated heterocycles. The molecular formula is C14H19ClN4S. The predicted molar refractivity (Wildman–Crippen MR) is 83.2 cm³/mol. The normalized spacial score (nSPS) is 11.8. The van der Waals surface area contributed by atoms with E-state index in [0.29, 0.717) is 0 Å². The van der Waals surface area contributed by atoms with Crippen molar-refractivity contribution in [2.75, 3.05) is 0 Å². The summed E-state index contributed by atoms with van der Waals surface area (Å²) in [4.78, 5) is 5.34. The van der Waals surface area contributed by atoms with E-state index >= 15 is 0 Å². The molecule has 1 aromatic heterocycles. The molecule has 0 unspecified atom stereocenters. The standard InChI is InChI=1S/C14H19ClN4S/c1-14(2,3)17-8-10-5-6-11(15)7-12(10)20-13-16-9-18-19(13)4/h5-7,9,17H,8H2,1-4H3. The minimum Gasteiger partial charge on any atom is -0.308 e. The number of benzene rings is 1. The summed E-state index contributed by atoms with van der Waals surface area (Å²) in [7, 11) is 1.88. The lowest BCUT2D eigenvalue weighted by Gasteiger charge is -2.21. The van der Waals surface area contributed by atoms with Crippen molar-refractivity contribution in [2.45, 2.75) is 42.9 Å². The lowest BCUT2D eigenvalue weighted by atomic mass is 10.1. The highest BCUT2D eigenvalue weighted by atomic mass is 35.5. The molecule has 0 atom stereocenters. The largest absolute Gasteiger partial charge is 0.308 e. The fraction of sp³-hybridized carbons (Fsp3) is 0.429. The summed E-state index contributed by atoms with van der Waals surface area (Å²) in [5.41, 5.74) is 1.28. The molecule has 2 rings (SSSR count). The average molecular weight is 311 g/mol. The fourth-order valence-corrected chi connectivity index (χ4v) is 2.78. The van der Waals surface area contributed by atoms with Gasteiger partial charge >= 0.3 is 0 Å². The van der Waals surface area contributed by atoms with Crippen LogP contribution in [0, 0.1) is 0 Å². The van der Waals surface area contributed by atoms with Gasteiger partial charge in [0.1, 0.15) is 6.33 Å². The van der Waals surface area contributed by atoms with E-state index in [1.54, 1.807) is 22.8 Å². The molecule has 6 heteroatoms. The number of rotatable bonds is 4. The summed E-state index contributed by atoms with van der Waals surface area (Å²) in [5.74, 6) is 0. The van der Waals surface area contributed by atoms with Crippen LogP contribution < -0.4 is 5.32 Å². The Kier molecular flexibility index (Phi) is 4.73. The molecule has 0 fully saturated rings. The molecule has 2 aromatic rings. The van der Waals surface area contributed by atoms with Gasteiger partial charge in [0.15, 0.2) is 5.16 Å². The molecule has 1 N–H and O–H groups in total. The Bertz CT molecular complexity index is 589. The van der Waals surface area contributed by atoms with E-state index < -0.39 is 0 Å². The van der Waals surface area contributed by atoms with E-state index in [-0.39, 0.29) is 5.54 Å². The zero-order valence-electron chi connectivity index (χ0n) is 12.1. The second-order valence-electron chi connectivity index (χ2n) is 5.62. The van der Waals surface area contributed by atoms with Crippen LogP contribution in [-0.2, 0) is 13.6 Å². The second-order valence-corrected chi connectivity index (χ2v) is 7.07. The zero-order valence-corrected chi connectivity index (χ0v) is 13.7. The van der Waals surface area contributed by atoms with Gasteiger partial charge in [-0.2, -0.15) is 5.10 Å². The SMILES string of the molecule is Cn1ncnc1Sc1cc(Cl)ccc1CNC(C)(C)C. The molecule has 0 saturated carbocycles. The van der Waals surface area contributed by atoms with Crippen molar-refractivity contribution in [2.24, 2.45) is 7.05 Å². The molecule has 0 bridgehead atoms. The van der Waals surface area contributed by atoms with Crippen molar-refractivity contribution < 1.29 is 0 Å². The maximum Gasteiger partial charge on any atom is 0.190 e. The lowest BCUT2D eigenvalue weighted by Crippen LogP contribution is -2.35. The smallest absolute Gasteiger partial charge is 0.190 e. The molecule has 0 aliphatic carbocycles. The van der Waals surface area contributed by atoms with Gasteiger partial charge in [-0.1, -0.05) is 17.7 Å². The minimum atomic E-state index is 0.0757. The van der Waals surface area contributed by atoms with Gasteiger partial charge in [-0.15, -0.1) is 0 Å². The molecule has 1 aromatic carbocycles. The van der Waals surface area contributed by atoms with Gasteiger partial charge in [0.25, 0.3) is 0 Å². The van der Waals surface area contributed by atoms with Crippen LogP contribution in [0.1, 0.15) is 26.3 Å². The van der Waals surface area contributed by atoms with Crippen LogP contribution in [-0.4, -0.2) is 20.3 Å². The Balaban J connectivity index is 2.22. The van der Waals surface area contributed by atoms with Crippen molar-refractivity contribution in [1.29, 1.82) is 0 Å². The third-order valence-electron chi connectivity index (χ3n) is 2.71. The molecule has 20 heavy (non-hydrogen) atoms. The Labute approximate surface area is 128 Å². The highest BCUT2D eigenvalue weighted by Gasteiger charge is 2.13. The number of nitrogens with zero attached hydrogens (tertiary/aromatic N) is 3. The first-order valence-electron chi connectivity index (χ1n) is 6.40. The van der Waals surface area contributed by atoms with Crippen LogP contribution in [0.2, 0.25) is 5.02 Å². The van der Waals surface area contributed by atoms with Gasteiger partial charge in [-0.3, -0.25) is 0 Å². The van der Waals surface area contributed by atoms with Gasteiger partial charge in [0, 0.05) is 29.0 Å². The van der Waals surface area contributed by atoms with E-state index in [0.717, 1.165) is 21.6 Å². The molecular weight excluding hydrogens is 292 g/mol. The number of nitrogens with one attached hydrogen (secondary N) is 1. The first kappa shape index (κ1) is 15.4. The molecule has 0 aliphatic rings. The Hall–Kier alpha value is -1.04. The fourth-order valence-electron chi connectivity index (χ4n) is 1.61. The summed E-state index contributed by atoms with van der Waals surface area (Å²) < 4.78 is 1.76. The quantitative estimate of drug-likeness (QED) is 0.938. The summed E-state index contributed by atoms with van der Waals surface area (Å²) in [6, 6.07) is 5.95. The Morgan fingerprint density at radius 1 is 1.35 bits per heavy atom. The van der Waals surface area contributed by atoms with E-state index in [1.165, 1.54) is 5.56 Å². The lowest BCUT2D eigenvalue weighted by molar-refractivity contribution is 0.422. The Morgan fingerprint density at radius 2 is 2.10 bits per heavy atom. The highest BCUT2D eigenvalue weighted by Crippen LogP contribution is 2.31. The van der Waals surface area contributed by atoms with Crippen LogP contribution in [0.15, 0.2) is 34.6 Å². The van der Waals surface area contributed by atoms with E-state index in [9.17, 15) is 0 Å².